The Bertz CT molecular complexity index is 628. The molecule has 24 heavy (non-hydrogen) atoms. The topological polar surface area (TPSA) is 48.4 Å². The third-order valence-corrected chi connectivity index (χ3v) is 4.28. The number of piperazine rings is 1. The van der Waals surface area contributed by atoms with Crippen LogP contribution in [0.2, 0.25) is 5.02 Å². The zero-order valence-corrected chi connectivity index (χ0v) is 15.6. The Balaban J connectivity index is 0.00000144. The largest absolute Gasteiger partial charge is 0.506 e. The Hall–Kier alpha value is -1.04. The van der Waals surface area contributed by atoms with Crippen LogP contribution in [0.3, 0.4) is 0 Å². The van der Waals surface area contributed by atoms with Crippen molar-refractivity contribution in [1.82, 2.24) is 15.2 Å². The highest BCUT2D eigenvalue weighted by Gasteiger charge is 2.20. The van der Waals surface area contributed by atoms with Crippen molar-refractivity contribution >= 4 is 36.4 Å². The van der Waals surface area contributed by atoms with Crippen molar-refractivity contribution in [3.8, 4) is 5.75 Å². The third kappa shape index (κ3) is 5.80. The molecule has 7 heteroatoms. The number of nitrogens with zero attached hydrogens (tertiary/aromatic N) is 2. The molecule has 1 saturated heterocycles. The van der Waals surface area contributed by atoms with Crippen molar-refractivity contribution in [2.24, 2.45) is 0 Å². The summed E-state index contributed by atoms with van der Waals surface area (Å²) in [5.74, 6) is 0.155. The number of hydrogen-bond acceptors (Lipinski definition) is 4. The molecule has 1 aliphatic rings. The molecule has 0 spiro atoms. The van der Waals surface area contributed by atoms with E-state index in [0.29, 0.717) is 11.1 Å². The standard InChI is InChI=1S/C17H20ClN3O.2ClH/c18-16-4-3-13(9-17(16)22)8-15-12-21(7-6-20-15)11-14-2-1-5-19-10-14;;/h1-5,9-10,15,20,22H,6-8,11-12H2;2*1H. The molecule has 3 rings (SSSR count). The number of halogens is 3. The van der Waals surface area contributed by atoms with Gasteiger partial charge in [-0.2, -0.15) is 0 Å². The molecule has 0 amide bonds. The molecule has 2 N–H and O–H groups in total. The molecule has 0 radical (unpaired) electrons. The van der Waals surface area contributed by atoms with Crippen LogP contribution in [0, 0.1) is 0 Å². The van der Waals surface area contributed by atoms with Crippen LogP contribution in [0.4, 0.5) is 0 Å². The van der Waals surface area contributed by atoms with Gasteiger partial charge in [-0.25, -0.2) is 0 Å². The second kappa shape index (κ2) is 10.1. The summed E-state index contributed by atoms with van der Waals surface area (Å²) >= 11 is 5.86. The molecule has 0 aliphatic carbocycles. The predicted molar refractivity (Wildman–Crippen MR) is 103 cm³/mol. The summed E-state index contributed by atoms with van der Waals surface area (Å²) in [5.41, 5.74) is 2.34. The number of phenolic OH excluding ortho intramolecular Hbond substituents is 1. The number of aromatic nitrogens is 1. The van der Waals surface area contributed by atoms with Gasteiger partial charge in [0.05, 0.1) is 5.02 Å². The van der Waals surface area contributed by atoms with Crippen LogP contribution in [-0.4, -0.2) is 40.7 Å². The second-order valence-electron chi connectivity index (χ2n) is 5.74. The minimum atomic E-state index is 0. The Morgan fingerprint density at radius 2 is 2.08 bits per heavy atom. The number of nitrogens with one attached hydrogen (secondary N) is 1. The molecule has 1 unspecified atom stereocenters. The van der Waals surface area contributed by atoms with Crippen LogP contribution in [0.5, 0.6) is 5.75 Å². The van der Waals surface area contributed by atoms with E-state index in [1.807, 2.05) is 18.3 Å². The van der Waals surface area contributed by atoms with E-state index in [4.69, 9.17) is 11.6 Å². The molecular weight excluding hydrogens is 369 g/mol. The first-order valence-corrected chi connectivity index (χ1v) is 7.90. The molecule has 1 aliphatic heterocycles. The van der Waals surface area contributed by atoms with Gasteiger partial charge in [0.25, 0.3) is 0 Å². The molecule has 0 saturated carbocycles. The summed E-state index contributed by atoms with van der Waals surface area (Å²) in [6.07, 6.45) is 4.61. The zero-order valence-electron chi connectivity index (χ0n) is 13.2. The molecule has 132 valence electrons. The highest BCUT2D eigenvalue weighted by Crippen LogP contribution is 2.24. The molecule has 4 nitrogen and oxygen atoms in total. The van der Waals surface area contributed by atoms with E-state index in [-0.39, 0.29) is 30.6 Å². The maximum absolute atomic E-state index is 9.71. The fourth-order valence-corrected chi connectivity index (χ4v) is 3.01. The van der Waals surface area contributed by atoms with Crippen LogP contribution in [0.25, 0.3) is 0 Å². The Labute approximate surface area is 160 Å². The molecule has 1 fully saturated rings. The summed E-state index contributed by atoms with van der Waals surface area (Å²) < 4.78 is 0. The van der Waals surface area contributed by atoms with Gasteiger partial charge in [0.2, 0.25) is 0 Å². The van der Waals surface area contributed by atoms with Crippen molar-refractivity contribution in [3.05, 3.63) is 58.9 Å². The van der Waals surface area contributed by atoms with Crippen molar-refractivity contribution in [2.45, 2.75) is 19.0 Å². The van der Waals surface area contributed by atoms with E-state index in [9.17, 15) is 5.11 Å². The maximum Gasteiger partial charge on any atom is 0.134 e. The van der Waals surface area contributed by atoms with Crippen molar-refractivity contribution in [2.75, 3.05) is 19.6 Å². The quantitative estimate of drug-likeness (QED) is 0.841. The second-order valence-corrected chi connectivity index (χ2v) is 6.14. The van der Waals surface area contributed by atoms with Crippen LogP contribution in [-0.2, 0) is 13.0 Å². The lowest BCUT2D eigenvalue weighted by atomic mass is 10.0. The van der Waals surface area contributed by atoms with E-state index in [1.54, 1.807) is 18.3 Å². The minimum absolute atomic E-state index is 0. The summed E-state index contributed by atoms with van der Waals surface area (Å²) in [6, 6.07) is 9.95. The summed E-state index contributed by atoms with van der Waals surface area (Å²) in [6.45, 7) is 3.93. The van der Waals surface area contributed by atoms with Crippen LogP contribution >= 0.6 is 36.4 Å². The van der Waals surface area contributed by atoms with E-state index in [1.165, 1.54) is 5.56 Å². The number of phenols is 1. The third-order valence-electron chi connectivity index (χ3n) is 3.96. The van der Waals surface area contributed by atoms with Gasteiger partial charge in [0, 0.05) is 44.6 Å². The lowest BCUT2D eigenvalue weighted by Gasteiger charge is -2.33. The first-order valence-electron chi connectivity index (χ1n) is 7.53. The number of aromatic hydroxyl groups is 1. The monoisotopic (exact) mass is 389 g/mol. The zero-order chi connectivity index (χ0) is 15.4. The van der Waals surface area contributed by atoms with E-state index in [2.05, 4.69) is 21.3 Å². The van der Waals surface area contributed by atoms with Crippen LogP contribution < -0.4 is 5.32 Å². The maximum atomic E-state index is 9.71. The van der Waals surface area contributed by atoms with Crippen molar-refractivity contribution < 1.29 is 5.11 Å². The smallest absolute Gasteiger partial charge is 0.134 e. The Morgan fingerprint density at radius 3 is 2.79 bits per heavy atom. The lowest BCUT2D eigenvalue weighted by molar-refractivity contribution is 0.191. The highest BCUT2D eigenvalue weighted by atomic mass is 35.5. The van der Waals surface area contributed by atoms with Crippen molar-refractivity contribution in [3.63, 3.8) is 0 Å². The van der Waals surface area contributed by atoms with Gasteiger partial charge < -0.3 is 10.4 Å². The summed E-state index contributed by atoms with van der Waals surface area (Å²) in [4.78, 5) is 6.61. The number of rotatable bonds is 4. The Morgan fingerprint density at radius 1 is 1.25 bits per heavy atom. The SMILES string of the molecule is Cl.Cl.Oc1cc(CC2CN(Cc3cccnc3)CCN2)ccc1Cl. The molecule has 1 aromatic carbocycles. The van der Waals surface area contributed by atoms with Gasteiger partial charge in [-0.05, 0) is 35.7 Å². The lowest BCUT2D eigenvalue weighted by Crippen LogP contribution is -2.51. The minimum Gasteiger partial charge on any atom is -0.506 e. The predicted octanol–water partition coefficient (Wildman–Crippen LogP) is 3.30. The molecule has 1 atom stereocenters. The number of pyridine rings is 1. The molecule has 1 aromatic heterocycles. The van der Waals surface area contributed by atoms with Crippen LogP contribution in [0.15, 0.2) is 42.7 Å². The van der Waals surface area contributed by atoms with Crippen molar-refractivity contribution in [1.29, 1.82) is 0 Å². The van der Waals surface area contributed by atoms with E-state index < -0.39 is 0 Å². The van der Waals surface area contributed by atoms with Gasteiger partial charge in [0.15, 0.2) is 0 Å². The average Bonchev–Trinajstić information content (AvgIpc) is 2.52. The van der Waals surface area contributed by atoms with E-state index in [0.717, 1.165) is 38.2 Å². The van der Waals surface area contributed by atoms with Gasteiger partial charge in [-0.3, -0.25) is 9.88 Å². The molecule has 2 heterocycles. The highest BCUT2D eigenvalue weighted by molar-refractivity contribution is 6.32. The number of hydrogen-bond donors (Lipinski definition) is 2. The average molecular weight is 391 g/mol. The fraction of sp³-hybridized carbons (Fsp3) is 0.353. The normalized spacial score (nSPS) is 17.6. The first kappa shape index (κ1) is 21.0. The van der Waals surface area contributed by atoms with Gasteiger partial charge >= 0.3 is 0 Å². The van der Waals surface area contributed by atoms with Gasteiger partial charge in [-0.15, -0.1) is 24.8 Å². The Kier molecular flexibility index (Phi) is 8.81. The van der Waals surface area contributed by atoms with E-state index >= 15 is 0 Å². The van der Waals surface area contributed by atoms with Gasteiger partial charge in [-0.1, -0.05) is 23.7 Å². The molecular formula is C17H22Cl3N3O. The summed E-state index contributed by atoms with van der Waals surface area (Å²) in [7, 11) is 0. The number of benzene rings is 1. The first-order chi connectivity index (χ1) is 10.7. The fourth-order valence-electron chi connectivity index (χ4n) is 2.89. The van der Waals surface area contributed by atoms with Gasteiger partial charge in [0.1, 0.15) is 5.75 Å². The summed E-state index contributed by atoms with van der Waals surface area (Å²) in [5, 5.41) is 13.7. The van der Waals surface area contributed by atoms with Crippen LogP contribution in [0.1, 0.15) is 11.1 Å². The molecule has 2 aromatic rings. The molecule has 0 bridgehead atoms.